The topological polar surface area (TPSA) is 46.5 Å². The SMILES string of the molecule is CC1(C)CC(=O)C2=C(C1)O[C@H]1CCCC[C@@]21O. The molecule has 17 heavy (non-hydrogen) atoms. The van der Waals surface area contributed by atoms with Crippen LogP contribution in [-0.2, 0) is 9.53 Å². The van der Waals surface area contributed by atoms with Gasteiger partial charge in [0.15, 0.2) is 5.78 Å². The molecule has 0 bridgehead atoms. The maximum atomic E-state index is 12.3. The van der Waals surface area contributed by atoms with Gasteiger partial charge >= 0.3 is 0 Å². The van der Waals surface area contributed by atoms with Gasteiger partial charge in [-0.3, -0.25) is 4.79 Å². The van der Waals surface area contributed by atoms with E-state index in [2.05, 4.69) is 13.8 Å². The molecule has 2 aliphatic carbocycles. The Bertz CT molecular complexity index is 408. The minimum Gasteiger partial charge on any atom is -0.491 e. The van der Waals surface area contributed by atoms with Crippen molar-refractivity contribution in [2.24, 2.45) is 5.41 Å². The van der Waals surface area contributed by atoms with E-state index in [-0.39, 0.29) is 17.3 Å². The first kappa shape index (κ1) is 11.3. The summed E-state index contributed by atoms with van der Waals surface area (Å²) in [6.07, 6.45) is 4.78. The van der Waals surface area contributed by atoms with Crippen LogP contribution in [0.4, 0.5) is 0 Å². The van der Waals surface area contributed by atoms with Crippen LogP contribution in [0.3, 0.4) is 0 Å². The summed E-state index contributed by atoms with van der Waals surface area (Å²) >= 11 is 0. The molecule has 0 aromatic heterocycles. The first-order chi connectivity index (χ1) is 7.92. The Hall–Kier alpha value is -0.830. The van der Waals surface area contributed by atoms with Crippen LogP contribution in [0.2, 0.25) is 0 Å². The lowest BCUT2D eigenvalue weighted by Gasteiger charge is -2.35. The van der Waals surface area contributed by atoms with Crippen LogP contribution in [-0.4, -0.2) is 22.6 Å². The second kappa shape index (κ2) is 3.35. The lowest BCUT2D eigenvalue weighted by atomic mass is 9.70. The van der Waals surface area contributed by atoms with Crippen molar-refractivity contribution in [2.45, 2.75) is 64.1 Å². The summed E-state index contributed by atoms with van der Waals surface area (Å²) in [5.74, 6) is 0.879. The minimum atomic E-state index is -0.971. The van der Waals surface area contributed by atoms with Crippen molar-refractivity contribution in [3.63, 3.8) is 0 Å². The molecule has 3 rings (SSSR count). The van der Waals surface area contributed by atoms with Gasteiger partial charge in [-0.1, -0.05) is 13.8 Å². The largest absolute Gasteiger partial charge is 0.491 e. The zero-order chi connectivity index (χ0) is 12.3. The Kier molecular flexibility index (Phi) is 2.22. The van der Waals surface area contributed by atoms with Gasteiger partial charge in [0.05, 0.1) is 5.57 Å². The van der Waals surface area contributed by atoms with Crippen molar-refractivity contribution in [3.05, 3.63) is 11.3 Å². The summed E-state index contributed by atoms with van der Waals surface area (Å²) < 4.78 is 5.89. The average Bonchev–Trinajstić information content (AvgIpc) is 2.47. The lowest BCUT2D eigenvalue weighted by molar-refractivity contribution is -0.121. The molecular weight excluding hydrogens is 216 g/mol. The van der Waals surface area contributed by atoms with E-state index >= 15 is 0 Å². The van der Waals surface area contributed by atoms with E-state index < -0.39 is 5.60 Å². The number of carbonyl (C=O) groups is 1. The molecule has 0 radical (unpaired) electrons. The van der Waals surface area contributed by atoms with Crippen molar-refractivity contribution in [1.82, 2.24) is 0 Å². The predicted molar refractivity (Wildman–Crippen MR) is 63.3 cm³/mol. The molecule has 0 spiro atoms. The Morgan fingerprint density at radius 1 is 1.29 bits per heavy atom. The van der Waals surface area contributed by atoms with E-state index in [1.807, 2.05) is 0 Å². The maximum absolute atomic E-state index is 12.3. The number of hydrogen-bond acceptors (Lipinski definition) is 3. The van der Waals surface area contributed by atoms with E-state index in [4.69, 9.17) is 4.74 Å². The summed E-state index contributed by atoms with van der Waals surface area (Å²) in [5.41, 5.74) is -0.387. The molecule has 0 amide bonds. The van der Waals surface area contributed by atoms with Gasteiger partial charge in [0.1, 0.15) is 17.5 Å². The highest BCUT2D eigenvalue weighted by atomic mass is 16.5. The van der Waals surface area contributed by atoms with E-state index in [0.717, 1.165) is 31.4 Å². The number of Topliss-reactive ketones (excluding diaryl/α,β-unsaturated/α-hetero) is 1. The van der Waals surface area contributed by atoms with E-state index in [1.165, 1.54) is 0 Å². The summed E-state index contributed by atoms with van der Waals surface area (Å²) in [5, 5.41) is 10.7. The van der Waals surface area contributed by atoms with Crippen LogP contribution in [0.5, 0.6) is 0 Å². The lowest BCUT2D eigenvalue weighted by Crippen LogP contribution is -2.46. The maximum Gasteiger partial charge on any atom is 0.165 e. The molecule has 1 N–H and O–H groups in total. The van der Waals surface area contributed by atoms with Gasteiger partial charge in [0, 0.05) is 12.8 Å². The second-order valence-corrected chi connectivity index (χ2v) is 6.52. The first-order valence-corrected chi connectivity index (χ1v) is 6.58. The van der Waals surface area contributed by atoms with Crippen LogP contribution < -0.4 is 0 Å². The van der Waals surface area contributed by atoms with Crippen molar-refractivity contribution in [1.29, 1.82) is 0 Å². The summed E-state index contributed by atoms with van der Waals surface area (Å²) in [4.78, 5) is 12.3. The standard InChI is InChI=1S/C14H20O3/c1-13(2)7-9(15)12-10(8-13)17-11-5-3-4-6-14(11,12)16/h11,16H,3-8H2,1-2H3/t11-,14-/m0/s1. The van der Waals surface area contributed by atoms with Gasteiger partial charge in [-0.2, -0.15) is 0 Å². The second-order valence-electron chi connectivity index (χ2n) is 6.52. The molecule has 3 heteroatoms. The molecule has 0 aromatic carbocycles. The summed E-state index contributed by atoms with van der Waals surface area (Å²) in [7, 11) is 0. The van der Waals surface area contributed by atoms with Crippen LogP contribution in [0.1, 0.15) is 52.4 Å². The molecule has 0 unspecified atom stereocenters. The zero-order valence-electron chi connectivity index (χ0n) is 10.6. The number of carbonyl (C=O) groups excluding carboxylic acids is 1. The fraction of sp³-hybridized carbons (Fsp3) is 0.786. The first-order valence-electron chi connectivity index (χ1n) is 6.58. The molecule has 1 saturated carbocycles. The van der Waals surface area contributed by atoms with E-state index in [1.54, 1.807) is 0 Å². The summed E-state index contributed by atoms with van der Waals surface area (Å²) in [6, 6.07) is 0. The molecule has 2 atom stereocenters. The summed E-state index contributed by atoms with van der Waals surface area (Å²) in [6.45, 7) is 4.17. The van der Waals surface area contributed by atoms with Gasteiger partial charge < -0.3 is 9.84 Å². The van der Waals surface area contributed by atoms with Crippen LogP contribution in [0, 0.1) is 5.41 Å². The van der Waals surface area contributed by atoms with Crippen molar-refractivity contribution in [3.8, 4) is 0 Å². The highest BCUT2D eigenvalue weighted by Crippen LogP contribution is 2.51. The quantitative estimate of drug-likeness (QED) is 0.702. The van der Waals surface area contributed by atoms with Gasteiger partial charge in [0.25, 0.3) is 0 Å². The number of hydrogen-bond donors (Lipinski definition) is 1. The molecule has 1 aliphatic heterocycles. The van der Waals surface area contributed by atoms with Gasteiger partial charge in [-0.05, 0) is 31.1 Å². The number of ketones is 1. The van der Waals surface area contributed by atoms with Gasteiger partial charge in [-0.15, -0.1) is 0 Å². The van der Waals surface area contributed by atoms with Crippen molar-refractivity contribution < 1.29 is 14.6 Å². The molecule has 3 aliphatic rings. The predicted octanol–water partition coefficient (Wildman–Crippen LogP) is 2.33. The number of allylic oxidation sites excluding steroid dienone is 1. The monoisotopic (exact) mass is 236 g/mol. The fourth-order valence-electron chi connectivity index (χ4n) is 3.59. The number of rotatable bonds is 0. The van der Waals surface area contributed by atoms with E-state index in [0.29, 0.717) is 18.4 Å². The van der Waals surface area contributed by atoms with Gasteiger partial charge in [0.2, 0.25) is 0 Å². The normalized spacial score (nSPS) is 39.7. The number of fused-ring (bicyclic) bond motifs is 2. The van der Waals surface area contributed by atoms with Gasteiger partial charge in [-0.25, -0.2) is 0 Å². The third-order valence-electron chi connectivity index (χ3n) is 4.36. The fourth-order valence-corrected chi connectivity index (χ4v) is 3.59. The highest BCUT2D eigenvalue weighted by Gasteiger charge is 2.55. The molecule has 1 fully saturated rings. The highest BCUT2D eigenvalue weighted by molar-refractivity contribution is 5.99. The Morgan fingerprint density at radius 2 is 2.06 bits per heavy atom. The van der Waals surface area contributed by atoms with Crippen LogP contribution in [0.25, 0.3) is 0 Å². The molecule has 94 valence electrons. The average molecular weight is 236 g/mol. The Labute approximate surface area is 102 Å². The van der Waals surface area contributed by atoms with Crippen LogP contribution >= 0.6 is 0 Å². The molecule has 3 nitrogen and oxygen atoms in total. The third kappa shape index (κ3) is 1.55. The zero-order valence-corrected chi connectivity index (χ0v) is 10.6. The minimum absolute atomic E-state index is 0.0280. The Balaban J connectivity index is 2.02. The number of aliphatic hydroxyl groups is 1. The number of ether oxygens (including phenoxy) is 1. The van der Waals surface area contributed by atoms with Crippen molar-refractivity contribution >= 4 is 5.78 Å². The molecule has 0 aromatic rings. The Morgan fingerprint density at radius 3 is 2.82 bits per heavy atom. The molecule has 0 saturated heterocycles. The third-order valence-corrected chi connectivity index (χ3v) is 4.36. The van der Waals surface area contributed by atoms with E-state index in [9.17, 15) is 9.90 Å². The smallest absolute Gasteiger partial charge is 0.165 e. The van der Waals surface area contributed by atoms with Crippen molar-refractivity contribution in [2.75, 3.05) is 0 Å². The molecule has 1 heterocycles. The molecular formula is C14H20O3. The van der Waals surface area contributed by atoms with Crippen LogP contribution in [0.15, 0.2) is 11.3 Å².